The molecule has 2 rings (SSSR count). The lowest BCUT2D eigenvalue weighted by Crippen LogP contribution is -1.92. The Morgan fingerprint density at radius 3 is 2.53 bits per heavy atom. The summed E-state index contributed by atoms with van der Waals surface area (Å²) in [5.74, 6) is 0.506. The second-order valence-electron chi connectivity index (χ2n) is 4.49. The van der Waals surface area contributed by atoms with E-state index in [1.807, 2.05) is 0 Å². The number of nitrogens with zero attached hydrogens (tertiary/aromatic N) is 2. The molecule has 92 valence electrons. The Morgan fingerprint density at radius 1 is 1.24 bits per heavy atom. The number of hydrogen-bond donors (Lipinski definition) is 0. The topological polar surface area (TPSA) is 25.8 Å². The van der Waals surface area contributed by atoms with E-state index < -0.39 is 0 Å². The van der Waals surface area contributed by atoms with E-state index in [1.54, 1.807) is 23.1 Å². The molecule has 2 aromatic rings. The fraction of sp³-hybridized carbons (Fsp3) is 0.500. The third-order valence-corrected chi connectivity index (χ3v) is 4.74. The number of fused-ring (bicyclic) bond motifs is 1. The fourth-order valence-electron chi connectivity index (χ4n) is 1.44. The van der Waals surface area contributed by atoms with Gasteiger partial charge in [-0.25, -0.2) is 9.97 Å². The first kappa shape index (κ1) is 13.1. The Kier molecular flexibility index (Phi) is 3.95. The van der Waals surface area contributed by atoms with Crippen LogP contribution in [0.2, 0.25) is 5.15 Å². The molecule has 0 aliphatic heterocycles. The second kappa shape index (κ2) is 5.12. The molecule has 0 N–H and O–H groups in total. The summed E-state index contributed by atoms with van der Waals surface area (Å²) in [5.41, 5.74) is 0. The van der Waals surface area contributed by atoms with Crippen LogP contribution in [0.4, 0.5) is 0 Å². The number of halogens is 1. The van der Waals surface area contributed by atoms with Crippen molar-refractivity contribution in [2.45, 2.75) is 44.0 Å². The van der Waals surface area contributed by atoms with Crippen LogP contribution in [0.3, 0.4) is 0 Å². The molecule has 2 aromatic heterocycles. The highest BCUT2D eigenvalue weighted by Gasteiger charge is 2.13. The molecule has 0 saturated heterocycles. The fourth-order valence-corrected chi connectivity index (χ4v) is 3.57. The summed E-state index contributed by atoms with van der Waals surface area (Å²) in [7, 11) is 0. The van der Waals surface area contributed by atoms with Gasteiger partial charge in [-0.1, -0.05) is 51.1 Å². The minimum Gasteiger partial charge on any atom is -0.211 e. The van der Waals surface area contributed by atoms with Crippen LogP contribution in [0, 0.1) is 0 Å². The Hall–Kier alpha value is -0.320. The van der Waals surface area contributed by atoms with E-state index in [0.29, 0.717) is 16.3 Å². The maximum absolute atomic E-state index is 6.21. The lowest BCUT2D eigenvalue weighted by molar-refractivity contribution is 0.890. The maximum atomic E-state index is 6.21. The van der Waals surface area contributed by atoms with Crippen LogP contribution >= 0.6 is 34.7 Å². The minimum atomic E-state index is 0.466. The van der Waals surface area contributed by atoms with Crippen molar-refractivity contribution in [2.24, 2.45) is 0 Å². The molecular formula is C12H15ClN2S2. The number of thioether (sulfide) groups is 1. The molecule has 0 aromatic carbocycles. The molecule has 2 heterocycles. The first-order valence-electron chi connectivity index (χ1n) is 5.61. The Bertz CT molecular complexity index is 535. The Morgan fingerprint density at radius 2 is 1.94 bits per heavy atom. The van der Waals surface area contributed by atoms with Crippen molar-refractivity contribution >= 4 is 44.9 Å². The summed E-state index contributed by atoms with van der Waals surface area (Å²) in [4.78, 5) is 11.2. The third-order valence-electron chi connectivity index (χ3n) is 2.25. The smallest absolute Gasteiger partial charge is 0.190 e. The molecule has 0 bridgehead atoms. The van der Waals surface area contributed by atoms with Gasteiger partial charge in [0, 0.05) is 15.5 Å². The quantitative estimate of drug-likeness (QED) is 0.453. The van der Waals surface area contributed by atoms with Gasteiger partial charge in [-0.15, -0.1) is 11.3 Å². The van der Waals surface area contributed by atoms with Crippen molar-refractivity contribution < 1.29 is 0 Å². The first-order chi connectivity index (χ1) is 7.97. The highest BCUT2D eigenvalue weighted by molar-refractivity contribution is 7.99. The molecule has 0 amide bonds. The Balaban J connectivity index is 2.49. The van der Waals surface area contributed by atoms with Gasteiger partial charge in [0.15, 0.2) is 5.16 Å². The summed E-state index contributed by atoms with van der Waals surface area (Å²) in [6.45, 7) is 8.60. The molecule has 17 heavy (non-hydrogen) atoms. The molecule has 0 spiro atoms. The second-order valence-corrected chi connectivity index (χ2v) is 7.45. The summed E-state index contributed by atoms with van der Waals surface area (Å²) in [6, 6.07) is 2.11. The summed E-state index contributed by atoms with van der Waals surface area (Å²) in [6.07, 6.45) is 0. The summed E-state index contributed by atoms with van der Waals surface area (Å²) in [5, 5.41) is 2.79. The highest BCUT2D eigenvalue weighted by Crippen LogP contribution is 2.34. The predicted molar refractivity (Wildman–Crippen MR) is 77.5 cm³/mol. The van der Waals surface area contributed by atoms with Crippen LogP contribution in [0.5, 0.6) is 0 Å². The number of thiophene rings is 1. The van der Waals surface area contributed by atoms with E-state index in [1.165, 1.54) is 4.88 Å². The van der Waals surface area contributed by atoms with Crippen molar-refractivity contribution in [1.29, 1.82) is 0 Å². The number of hydrogen-bond acceptors (Lipinski definition) is 4. The number of aromatic nitrogens is 2. The van der Waals surface area contributed by atoms with Crippen molar-refractivity contribution in [3.8, 4) is 0 Å². The van der Waals surface area contributed by atoms with Crippen molar-refractivity contribution in [1.82, 2.24) is 9.97 Å². The molecule has 5 heteroatoms. The first-order valence-corrected chi connectivity index (χ1v) is 7.68. The van der Waals surface area contributed by atoms with Gasteiger partial charge >= 0.3 is 0 Å². The van der Waals surface area contributed by atoms with Crippen LogP contribution in [0.25, 0.3) is 10.2 Å². The van der Waals surface area contributed by atoms with E-state index in [0.717, 1.165) is 15.4 Å². The van der Waals surface area contributed by atoms with Gasteiger partial charge in [0.2, 0.25) is 0 Å². The maximum Gasteiger partial charge on any atom is 0.190 e. The Labute approximate surface area is 115 Å². The normalized spacial score (nSPS) is 11.9. The summed E-state index contributed by atoms with van der Waals surface area (Å²) >= 11 is 9.56. The molecule has 0 saturated carbocycles. The summed E-state index contributed by atoms with van der Waals surface area (Å²) < 4.78 is 0. The molecule has 2 nitrogen and oxygen atoms in total. The minimum absolute atomic E-state index is 0.466. The van der Waals surface area contributed by atoms with Gasteiger partial charge < -0.3 is 0 Å². The van der Waals surface area contributed by atoms with Crippen molar-refractivity contribution in [3.05, 3.63) is 16.1 Å². The van der Waals surface area contributed by atoms with Gasteiger partial charge in [0.05, 0.1) is 0 Å². The van der Waals surface area contributed by atoms with E-state index in [9.17, 15) is 0 Å². The molecule has 0 fully saturated rings. The van der Waals surface area contributed by atoms with E-state index in [-0.39, 0.29) is 0 Å². The lowest BCUT2D eigenvalue weighted by atomic mass is 10.2. The van der Waals surface area contributed by atoms with Crippen molar-refractivity contribution in [2.75, 3.05) is 0 Å². The van der Waals surface area contributed by atoms with E-state index in [4.69, 9.17) is 11.6 Å². The number of rotatable bonds is 3. The van der Waals surface area contributed by atoms with Gasteiger partial charge in [0.25, 0.3) is 0 Å². The largest absolute Gasteiger partial charge is 0.211 e. The van der Waals surface area contributed by atoms with Crippen LogP contribution in [-0.2, 0) is 0 Å². The van der Waals surface area contributed by atoms with E-state index >= 15 is 0 Å². The van der Waals surface area contributed by atoms with Gasteiger partial charge in [-0.2, -0.15) is 0 Å². The lowest BCUT2D eigenvalue weighted by Gasteiger charge is -2.03. The standard InChI is InChI=1S/C12H15ClN2S2/c1-6(2)9-5-8-10(13)14-12(16-7(3)4)15-11(8)17-9/h5-7H,1-4H3. The zero-order valence-corrected chi connectivity index (χ0v) is 12.7. The van der Waals surface area contributed by atoms with Crippen LogP contribution in [0.1, 0.15) is 38.5 Å². The van der Waals surface area contributed by atoms with Crippen molar-refractivity contribution in [3.63, 3.8) is 0 Å². The van der Waals surface area contributed by atoms with Crippen LogP contribution < -0.4 is 0 Å². The zero-order chi connectivity index (χ0) is 12.6. The van der Waals surface area contributed by atoms with Gasteiger partial charge in [-0.3, -0.25) is 0 Å². The highest BCUT2D eigenvalue weighted by atomic mass is 35.5. The third kappa shape index (κ3) is 2.92. The van der Waals surface area contributed by atoms with Gasteiger partial charge in [-0.05, 0) is 12.0 Å². The van der Waals surface area contributed by atoms with Gasteiger partial charge in [0.1, 0.15) is 9.98 Å². The zero-order valence-electron chi connectivity index (χ0n) is 10.3. The molecule has 0 radical (unpaired) electrons. The SMILES string of the molecule is CC(C)Sc1nc(Cl)c2cc(C(C)C)sc2n1. The molecule has 0 unspecified atom stereocenters. The molecule has 0 atom stereocenters. The predicted octanol–water partition coefficient (Wildman–Crippen LogP) is 4.97. The monoisotopic (exact) mass is 286 g/mol. The molecular weight excluding hydrogens is 272 g/mol. The average Bonchev–Trinajstić information content (AvgIpc) is 2.60. The van der Waals surface area contributed by atoms with Crippen LogP contribution in [0.15, 0.2) is 11.2 Å². The molecule has 0 aliphatic rings. The molecule has 0 aliphatic carbocycles. The van der Waals surface area contributed by atoms with E-state index in [2.05, 4.69) is 43.7 Å². The average molecular weight is 287 g/mol. The van der Waals surface area contributed by atoms with Crippen LogP contribution in [-0.4, -0.2) is 15.2 Å².